The normalized spacial score (nSPS) is 16.3. The molecular formula is C12H15N3S. The highest BCUT2D eigenvalue weighted by atomic mass is 32.1. The van der Waals surface area contributed by atoms with Gasteiger partial charge < -0.3 is 10.2 Å². The Morgan fingerprint density at radius 2 is 2.38 bits per heavy atom. The van der Waals surface area contributed by atoms with E-state index in [-0.39, 0.29) is 0 Å². The molecule has 1 aliphatic heterocycles. The molecular weight excluding hydrogens is 218 g/mol. The maximum Gasteiger partial charge on any atom is 0.137 e. The third-order valence-corrected chi connectivity index (χ3v) is 4.05. The molecule has 16 heavy (non-hydrogen) atoms. The Kier molecular flexibility index (Phi) is 2.53. The van der Waals surface area contributed by atoms with Crippen molar-refractivity contribution < 1.29 is 0 Å². The molecule has 1 N–H and O–H groups in total. The van der Waals surface area contributed by atoms with E-state index in [0.717, 1.165) is 25.5 Å². The van der Waals surface area contributed by atoms with Crippen LogP contribution in [0.5, 0.6) is 0 Å². The number of nitrogens with one attached hydrogen (secondary N) is 1. The Morgan fingerprint density at radius 1 is 1.50 bits per heavy atom. The van der Waals surface area contributed by atoms with E-state index >= 15 is 0 Å². The predicted molar refractivity (Wildman–Crippen MR) is 69.3 cm³/mol. The number of nitrogens with zero attached hydrogens (tertiary/aromatic N) is 2. The lowest BCUT2D eigenvalue weighted by molar-refractivity contribution is 0.416. The molecule has 2 aromatic heterocycles. The van der Waals surface area contributed by atoms with Gasteiger partial charge in [-0.2, -0.15) is 0 Å². The molecule has 1 fully saturated rings. The fraction of sp³-hybridized carbons (Fsp3) is 0.417. The van der Waals surface area contributed by atoms with Crippen LogP contribution in [0.3, 0.4) is 0 Å². The van der Waals surface area contributed by atoms with Crippen molar-refractivity contribution in [2.75, 3.05) is 24.5 Å². The Balaban J connectivity index is 2.05. The number of fused-ring (bicyclic) bond motifs is 1. The zero-order valence-electron chi connectivity index (χ0n) is 9.31. The fourth-order valence-corrected chi connectivity index (χ4v) is 2.96. The molecule has 3 heterocycles. The standard InChI is InChI=1S/C12H15N3S/c1-2-15(9-7-13-8-9)12-10-4-6-16-11(10)3-5-14-12/h3-6,9,13H,2,7-8H2,1H3. The van der Waals surface area contributed by atoms with Gasteiger partial charge in [-0.1, -0.05) is 0 Å². The largest absolute Gasteiger partial charge is 0.351 e. The second-order valence-electron chi connectivity index (χ2n) is 4.07. The molecule has 3 rings (SSSR count). The minimum absolute atomic E-state index is 0.614. The smallest absolute Gasteiger partial charge is 0.137 e. The predicted octanol–water partition coefficient (Wildman–Crippen LogP) is 2.09. The van der Waals surface area contributed by atoms with Gasteiger partial charge >= 0.3 is 0 Å². The summed E-state index contributed by atoms with van der Waals surface area (Å²) in [5.41, 5.74) is 0. The van der Waals surface area contributed by atoms with Gasteiger partial charge in [0.15, 0.2) is 0 Å². The van der Waals surface area contributed by atoms with Crippen molar-refractivity contribution in [3.63, 3.8) is 0 Å². The van der Waals surface area contributed by atoms with E-state index in [4.69, 9.17) is 0 Å². The average molecular weight is 233 g/mol. The maximum absolute atomic E-state index is 4.56. The van der Waals surface area contributed by atoms with Crippen molar-refractivity contribution in [3.8, 4) is 0 Å². The molecule has 1 saturated heterocycles. The second kappa shape index (κ2) is 4.03. The van der Waals surface area contributed by atoms with E-state index in [1.165, 1.54) is 10.1 Å². The van der Waals surface area contributed by atoms with Crippen molar-refractivity contribution >= 4 is 27.2 Å². The second-order valence-corrected chi connectivity index (χ2v) is 5.01. The summed E-state index contributed by atoms with van der Waals surface area (Å²) in [4.78, 5) is 6.97. The molecule has 0 bridgehead atoms. The zero-order valence-corrected chi connectivity index (χ0v) is 10.1. The molecule has 0 aromatic carbocycles. The van der Waals surface area contributed by atoms with E-state index in [9.17, 15) is 0 Å². The summed E-state index contributed by atoms with van der Waals surface area (Å²) in [5, 5.41) is 6.76. The van der Waals surface area contributed by atoms with Gasteiger partial charge in [-0.3, -0.25) is 0 Å². The van der Waals surface area contributed by atoms with Crippen LogP contribution in [-0.2, 0) is 0 Å². The minimum Gasteiger partial charge on any atom is -0.351 e. The number of pyridine rings is 1. The lowest BCUT2D eigenvalue weighted by Gasteiger charge is -2.38. The lowest BCUT2D eigenvalue weighted by Crippen LogP contribution is -2.57. The van der Waals surface area contributed by atoms with Gasteiger partial charge in [-0.05, 0) is 24.4 Å². The number of rotatable bonds is 3. The Morgan fingerprint density at radius 3 is 3.06 bits per heavy atom. The highest BCUT2D eigenvalue weighted by molar-refractivity contribution is 7.17. The van der Waals surface area contributed by atoms with E-state index in [1.54, 1.807) is 11.3 Å². The third kappa shape index (κ3) is 1.49. The fourth-order valence-electron chi connectivity index (χ4n) is 2.18. The Labute approximate surface area is 99.1 Å². The molecule has 0 unspecified atom stereocenters. The average Bonchev–Trinajstić information content (AvgIpc) is 2.70. The molecule has 0 radical (unpaired) electrons. The van der Waals surface area contributed by atoms with Crippen LogP contribution in [0.25, 0.3) is 10.1 Å². The number of hydrogen-bond donors (Lipinski definition) is 1. The van der Waals surface area contributed by atoms with Gasteiger partial charge in [0.2, 0.25) is 0 Å². The van der Waals surface area contributed by atoms with Crippen molar-refractivity contribution in [1.29, 1.82) is 0 Å². The van der Waals surface area contributed by atoms with Crippen LogP contribution in [0.2, 0.25) is 0 Å². The number of hydrogen-bond acceptors (Lipinski definition) is 4. The molecule has 0 amide bonds. The maximum atomic E-state index is 4.56. The molecule has 4 heteroatoms. The molecule has 1 aliphatic rings. The van der Waals surface area contributed by atoms with Crippen LogP contribution < -0.4 is 10.2 Å². The van der Waals surface area contributed by atoms with E-state index in [2.05, 4.69) is 39.6 Å². The lowest BCUT2D eigenvalue weighted by atomic mass is 10.1. The number of aromatic nitrogens is 1. The molecule has 3 nitrogen and oxygen atoms in total. The van der Waals surface area contributed by atoms with Gasteiger partial charge in [0.25, 0.3) is 0 Å². The summed E-state index contributed by atoms with van der Waals surface area (Å²) in [6.45, 7) is 5.38. The zero-order chi connectivity index (χ0) is 11.0. The van der Waals surface area contributed by atoms with Crippen molar-refractivity contribution in [3.05, 3.63) is 23.7 Å². The molecule has 2 aromatic rings. The minimum atomic E-state index is 0.614. The summed E-state index contributed by atoms with van der Waals surface area (Å²) in [6.07, 6.45) is 1.92. The summed E-state index contributed by atoms with van der Waals surface area (Å²) in [7, 11) is 0. The summed E-state index contributed by atoms with van der Waals surface area (Å²) >= 11 is 1.78. The molecule has 0 atom stereocenters. The number of likely N-dealkylation sites (N-methyl/N-ethyl adjacent to an activating group) is 1. The van der Waals surface area contributed by atoms with Crippen molar-refractivity contribution in [2.45, 2.75) is 13.0 Å². The molecule has 0 spiro atoms. The molecule has 0 saturated carbocycles. The number of thiophene rings is 1. The first kappa shape index (κ1) is 10.1. The van der Waals surface area contributed by atoms with Gasteiger partial charge in [-0.15, -0.1) is 11.3 Å². The molecule has 0 aliphatic carbocycles. The topological polar surface area (TPSA) is 28.2 Å². The first-order valence-corrected chi connectivity index (χ1v) is 6.57. The first-order chi connectivity index (χ1) is 7.90. The van der Waals surface area contributed by atoms with Gasteiger partial charge in [0, 0.05) is 35.9 Å². The molecule has 84 valence electrons. The summed E-state index contributed by atoms with van der Waals surface area (Å²) in [6, 6.07) is 4.89. The summed E-state index contributed by atoms with van der Waals surface area (Å²) < 4.78 is 1.33. The van der Waals surface area contributed by atoms with Crippen molar-refractivity contribution in [2.24, 2.45) is 0 Å². The van der Waals surface area contributed by atoms with Crippen LogP contribution in [0.15, 0.2) is 23.7 Å². The third-order valence-electron chi connectivity index (χ3n) is 3.17. The van der Waals surface area contributed by atoms with Gasteiger partial charge in [0.05, 0.1) is 6.04 Å². The Bertz CT molecular complexity index is 490. The van der Waals surface area contributed by atoms with Crippen LogP contribution >= 0.6 is 11.3 Å². The highest BCUT2D eigenvalue weighted by Gasteiger charge is 2.25. The summed E-state index contributed by atoms with van der Waals surface area (Å²) in [5.74, 6) is 1.15. The van der Waals surface area contributed by atoms with Crippen LogP contribution in [0.1, 0.15) is 6.92 Å². The quantitative estimate of drug-likeness (QED) is 0.880. The first-order valence-electron chi connectivity index (χ1n) is 5.69. The van der Waals surface area contributed by atoms with Crippen LogP contribution in [0, 0.1) is 0 Å². The number of anilines is 1. The highest BCUT2D eigenvalue weighted by Crippen LogP contribution is 2.29. The SMILES string of the molecule is CCN(c1nccc2sccc12)C1CNC1. The van der Waals surface area contributed by atoms with Crippen molar-refractivity contribution in [1.82, 2.24) is 10.3 Å². The van der Waals surface area contributed by atoms with E-state index in [0.29, 0.717) is 6.04 Å². The van der Waals surface area contributed by atoms with E-state index < -0.39 is 0 Å². The monoisotopic (exact) mass is 233 g/mol. The van der Waals surface area contributed by atoms with Gasteiger partial charge in [0.1, 0.15) is 5.82 Å². The Hall–Kier alpha value is -1.13. The van der Waals surface area contributed by atoms with E-state index in [1.807, 2.05) is 6.20 Å². The van der Waals surface area contributed by atoms with Crippen LogP contribution in [0.4, 0.5) is 5.82 Å². The van der Waals surface area contributed by atoms with Crippen LogP contribution in [-0.4, -0.2) is 30.7 Å². The van der Waals surface area contributed by atoms with Gasteiger partial charge in [-0.25, -0.2) is 4.98 Å².